The fourth-order valence-electron chi connectivity index (χ4n) is 1.37. The lowest BCUT2D eigenvalue weighted by Gasteiger charge is -2.29. The van der Waals surface area contributed by atoms with Crippen LogP contribution in [0.2, 0.25) is 0 Å². The van der Waals surface area contributed by atoms with Gasteiger partial charge in [0.1, 0.15) is 6.10 Å². The summed E-state index contributed by atoms with van der Waals surface area (Å²) >= 11 is 2.47. The smallest absolute Gasteiger partial charge is 0.105 e. The molecule has 1 rings (SSSR count). The second-order valence-electron chi connectivity index (χ2n) is 4.63. The van der Waals surface area contributed by atoms with Crippen LogP contribution in [0.5, 0.6) is 0 Å². The molecule has 0 saturated heterocycles. The van der Waals surface area contributed by atoms with Crippen molar-refractivity contribution in [3.63, 3.8) is 0 Å². The van der Waals surface area contributed by atoms with Gasteiger partial charge in [-0.25, -0.2) is 9.78 Å². The van der Waals surface area contributed by atoms with E-state index in [2.05, 4.69) is 22.6 Å². The Morgan fingerprint density at radius 2 is 1.77 bits per heavy atom. The van der Waals surface area contributed by atoms with Gasteiger partial charge in [-0.1, -0.05) is 35.4 Å². The van der Waals surface area contributed by atoms with Gasteiger partial charge in [-0.05, 0) is 33.6 Å². The maximum atomic E-state index is 5.45. The molecule has 2 nitrogen and oxygen atoms in total. The zero-order valence-corrected chi connectivity index (χ0v) is 10.8. The van der Waals surface area contributed by atoms with Crippen molar-refractivity contribution in [3.05, 3.63) is 0 Å². The molecule has 1 aliphatic rings. The van der Waals surface area contributed by atoms with E-state index in [0.717, 1.165) is 6.42 Å². The van der Waals surface area contributed by atoms with Gasteiger partial charge in [0.2, 0.25) is 0 Å². The SMILES string of the molecule is CC(C)(C)OO[C@@H]1CCCC[C@H]1I. The van der Waals surface area contributed by atoms with E-state index in [4.69, 9.17) is 9.78 Å². The fourth-order valence-corrected chi connectivity index (χ4v) is 2.29. The van der Waals surface area contributed by atoms with Crippen molar-refractivity contribution in [2.24, 2.45) is 0 Å². The minimum absolute atomic E-state index is 0.187. The number of halogens is 1. The first-order valence-electron chi connectivity index (χ1n) is 4.97. The lowest BCUT2D eigenvalue weighted by molar-refractivity contribution is -0.374. The van der Waals surface area contributed by atoms with Crippen LogP contribution in [0.25, 0.3) is 0 Å². The lowest BCUT2D eigenvalue weighted by Crippen LogP contribution is -2.31. The maximum Gasteiger partial charge on any atom is 0.105 e. The molecule has 2 atom stereocenters. The Kier molecular flexibility index (Phi) is 4.45. The van der Waals surface area contributed by atoms with Crippen molar-refractivity contribution >= 4 is 22.6 Å². The van der Waals surface area contributed by atoms with Crippen molar-refractivity contribution in [1.82, 2.24) is 0 Å². The molecule has 0 aromatic rings. The van der Waals surface area contributed by atoms with Crippen molar-refractivity contribution < 1.29 is 9.78 Å². The highest BCUT2D eigenvalue weighted by Crippen LogP contribution is 2.28. The van der Waals surface area contributed by atoms with Gasteiger partial charge < -0.3 is 0 Å². The largest absolute Gasteiger partial charge is 0.232 e. The molecule has 78 valence electrons. The van der Waals surface area contributed by atoms with Gasteiger partial charge in [0, 0.05) is 3.92 Å². The van der Waals surface area contributed by atoms with Crippen LogP contribution in [0, 0.1) is 0 Å². The van der Waals surface area contributed by atoms with Crippen molar-refractivity contribution in [2.45, 2.75) is 62.1 Å². The minimum atomic E-state index is -0.187. The molecule has 0 heterocycles. The Balaban J connectivity index is 2.27. The van der Waals surface area contributed by atoms with Crippen molar-refractivity contribution in [2.75, 3.05) is 0 Å². The Bertz CT molecular complexity index is 153. The van der Waals surface area contributed by atoms with Crippen LogP contribution in [0.4, 0.5) is 0 Å². The van der Waals surface area contributed by atoms with Crippen LogP contribution < -0.4 is 0 Å². The monoisotopic (exact) mass is 298 g/mol. The molecule has 0 aromatic carbocycles. The predicted octanol–water partition coefficient (Wildman–Crippen LogP) is 3.48. The van der Waals surface area contributed by atoms with Crippen LogP contribution in [0.15, 0.2) is 0 Å². The van der Waals surface area contributed by atoms with Gasteiger partial charge in [-0.3, -0.25) is 0 Å². The number of hydrogen-bond acceptors (Lipinski definition) is 2. The highest BCUT2D eigenvalue weighted by Gasteiger charge is 2.26. The molecular formula is C10H19IO2. The quantitative estimate of drug-likeness (QED) is 0.336. The fraction of sp³-hybridized carbons (Fsp3) is 1.00. The molecule has 0 amide bonds. The van der Waals surface area contributed by atoms with Gasteiger partial charge in [0.25, 0.3) is 0 Å². The van der Waals surface area contributed by atoms with Gasteiger partial charge in [-0.2, -0.15) is 0 Å². The Morgan fingerprint density at radius 3 is 2.31 bits per heavy atom. The minimum Gasteiger partial charge on any atom is -0.232 e. The first-order valence-corrected chi connectivity index (χ1v) is 6.22. The number of hydrogen-bond donors (Lipinski definition) is 0. The molecule has 0 unspecified atom stereocenters. The van der Waals surface area contributed by atoms with E-state index in [1.165, 1.54) is 19.3 Å². The number of rotatable bonds is 2. The van der Waals surface area contributed by atoms with Crippen molar-refractivity contribution in [1.29, 1.82) is 0 Å². The third-order valence-corrected chi connectivity index (χ3v) is 3.47. The third-order valence-electron chi connectivity index (χ3n) is 2.04. The summed E-state index contributed by atoms with van der Waals surface area (Å²) in [5.41, 5.74) is -0.187. The van der Waals surface area contributed by atoms with Crippen LogP contribution in [-0.2, 0) is 9.78 Å². The molecule has 1 fully saturated rings. The van der Waals surface area contributed by atoms with E-state index < -0.39 is 0 Å². The Hall–Kier alpha value is 0.650. The summed E-state index contributed by atoms with van der Waals surface area (Å²) in [6, 6.07) is 0. The average Bonchev–Trinajstić information content (AvgIpc) is 2.01. The predicted molar refractivity (Wildman–Crippen MR) is 62.0 cm³/mol. The van der Waals surface area contributed by atoms with Gasteiger partial charge in [0.15, 0.2) is 0 Å². The van der Waals surface area contributed by atoms with Crippen LogP contribution in [-0.4, -0.2) is 15.6 Å². The third kappa shape index (κ3) is 4.61. The molecule has 1 saturated carbocycles. The molecule has 1 aliphatic carbocycles. The molecule has 0 N–H and O–H groups in total. The zero-order chi connectivity index (χ0) is 9.90. The highest BCUT2D eigenvalue weighted by atomic mass is 127. The van der Waals surface area contributed by atoms with E-state index in [1.54, 1.807) is 0 Å². The summed E-state index contributed by atoms with van der Waals surface area (Å²) in [6.07, 6.45) is 5.32. The van der Waals surface area contributed by atoms with Gasteiger partial charge >= 0.3 is 0 Å². The van der Waals surface area contributed by atoms with Crippen LogP contribution >= 0.6 is 22.6 Å². The van der Waals surface area contributed by atoms with Crippen molar-refractivity contribution in [3.8, 4) is 0 Å². The summed E-state index contributed by atoms with van der Waals surface area (Å²) in [4.78, 5) is 10.8. The summed E-state index contributed by atoms with van der Waals surface area (Å²) in [7, 11) is 0. The van der Waals surface area contributed by atoms with E-state index in [1.807, 2.05) is 20.8 Å². The van der Waals surface area contributed by atoms with E-state index in [0.29, 0.717) is 10.0 Å². The first-order chi connectivity index (χ1) is 5.99. The molecule has 0 bridgehead atoms. The topological polar surface area (TPSA) is 18.5 Å². The molecule has 13 heavy (non-hydrogen) atoms. The zero-order valence-electron chi connectivity index (χ0n) is 8.68. The second kappa shape index (κ2) is 4.94. The summed E-state index contributed by atoms with van der Waals surface area (Å²) in [5, 5.41) is 0. The van der Waals surface area contributed by atoms with E-state index in [9.17, 15) is 0 Å². The molecule has 0 spiro atoms. The highest BCUT2D eigenvalue weighted by molar-refractivity contribution is 14.1. The Morgan fingerprint density at radius 1 is 1.15 bits per heavy atom. The normalized spacial score (nSPS) is 30.5. The van der Waals surface area contributed by atoms with Crippen LogP contribution in [0.3, 0.4) is 0 Å². The van der Waals surface area contributed by atoms with Gasteiger partial charge in [-0.15, -0.1) is 0 Å². The molecule has 0 aromatic heterocycles. The van der Waals surface area contributed by atoms with E-state index in [-0.39, 0.29) is 5.60 Å². The molecule has 3 heteroatoms. The first kappa shape index (κ1) is 11.7. The molecule has 0 aliphatic heterocycles. The lowest BCUT2D eigenvalue weighted by atomic mass is 9.98. The standard InChI is InChI=1S/C10H19IO2/c1-10(2,3)13-12-9-7-5-4-6-8(9)11/h8-9H,4-7H2,1-3H3/t8-,9-/m1/s1. The summed E-state index contributed by atoms with van der Waals surface area (Å²) < 4.78 is 0.619. The van der Waals surface area contributed by atoms with E-state index >= 15 is 0 Å². The van der Waals surface area contributed by atoms with Crippen LogP contribution in [0.1, 0.15) is 46.5 Å². The van der Waals surface area contributed by atoms with Gasteiger partial charge in [0.05, 0.1) is 5.60 Å². The summed E-state index contributed by atoms with van der Waals surface area (Å²) in [6.45, 7) is 6.04. The second-order valence-corrected chi connectivity index (χ2v) is 6.23. The number of alkyl halides is 1. The summed E-state index contributed by atoms with van der Waals surface area (Å²) in [5.74, 6) is 0. The maximum absolute atomic E-state index is 5.45. The average molecular weight is 298 g/mol. The molecule has 0 radical (unpaired) electrons. The molecular weight excluding hydrogens is 279 g/mol. The Labute approximate surface area is 94.4 Å².